The first-order chi connectivity index (χ1) is 6.77. The zero-order chi connectivity index (χ0) is 9.97. The fraction of sp³-hybridized carbons (Fsp3) is 0.545. The lowest BCUT2D eigenvalue weighted by atomic mass is 10.2. The first-order valence-corrected chi connectivity index (χ1v) is 6.02. The minimum absolute atomic E-state index is 0.489. The van der Waals surface area contributed by atoms with Gasteiger partial charge in [0.25, 0.3) is 0 Å². The van der Waals surface area contributed by atoms with E-state index in [0.29, 0.717) is 6.04 Å². The Morgan fingerprint density at radius 2 is 2.50 bits per heavy atom. The second-order valence-corrected chi connectivity index (χ2v) is 4.91. The molecule has 0 aliphatic carbocycles. The summed E-state index contributed by atoms with van der Waals surface area (Å²) in [5.74, 6) is 0.828. The molecule has 1 fully saturated rings. The van der Waals surface area contributed by atoms with E-state index in [0.717, 1.165) is 31.6 Å². The maximum atomic E-state index is 7.79. The molecule has 1 aliphatic heterocycles. The number of amidine groups is 1. The molecule has 0 radical (unpaired) electrons. The van der Waals surface area contributed by atoms with Crippen LogP contribution in [-0.2, 0) is 6.42 Å². The van der Waals surface area contributed by atoms with Gasteiger partial charge in [-0.25, -0.2) is 0 Å². The summed E-state index contributed by atoms with van der Waals surface area (Å²) in [6.07, 6.45) is 3.21. The fourth-order valence-corrected chi connectivity index (χ4v) is 2.84. The monoisotopic (exact) mass is 208 g/mol. The van der Waals surface area contributed by atoms with Crippen LogP contribution >= 0.6 is 11.3 Å². The van der Waals surface area contributed by atoms with Gasteiger partial charge in [-0.3, -0.25) is 5.41 Å². The molecule has 0 aromatic carbocycles. The van der Waals surface area contributed by atoms with E-state index in [4.69, 9.17) is 5.41 Å². The Labute approximate surface area is 89.1 Å². The molecule has 1 atom stereocenters. The molecular weight excluding hydrogens is 192 g/mol. The van der Waals surface area contributed by atoms with Crippen LogP contribution in [0.25, 0.3) is 0 Å². The first-order valence-electron chi connectivity index (χ1n) is 5.14. The normalized spacial score (nSPS) is 18.9. The van der Waals surface area contributed by atoms with Crippen molar-refractivity contribution in [3.63, 3.8) is 0 Å². The molecule has 0 amide bonds. The van der Waals surface area contributed by atoms with E-state index < -0.39 is 0 Å². The van der Waals surface area contributed by atoms with Gasteiger partial charge in [0.1, 0.15) is 0 Å². The summed E-state index contributed by atoms with van der Waals surface area (Å²) in [5, 5.41) is 9.92. The molecule has 1 saturated heterocycles. The zero-order valence-corrected chi connectivity index (χ0v) is 9.31. The lowest BCUT2D eigenvalue weighted by molar-refractivity contribution is 0.352. The van der Waals surface area contributed by atoms with Crippen LogP contribution in [-0.4, -0.2) is 23.3 Å². The van der Waals surface area contributed by atoms with Crippen molar-refractivity contribution in [3.8, 4) is 0 Å². The minimum Gasteiger partial charge on any atom is -0.357 e. The molecule has 1 N–H and O–H groups in total. The molecule has 0 bridgehead atoms. The van der Waals surface area contributed by atoms with Crippen molar-refractivity contribution >= 4 is 17.2 Å². The highest BCUT2D eigenvalue weighted by Crippen LogP contribution is 2.19. The van der Waals surface area contributed by atoms with Crippen LogP contribution < -0.4 is 0 Å². The van der Waals surface area contributed by atoms with Crippen molar-refractivity contribution in [2.75, 3.05) is 6.54 Å². The number of nitrogens with one attached hydrogen (secondary N) is 1. The van der Waals surface area contributed by atoms with Crippen molar-refractivity contribution in [1.82, 2.24) is 4.90 Å². The molecule has 76 valence electrons. The third-order valence-corrected chi connectivity index (χ3v) is 3.67. The van der Waals surface area contributed by atoms with Gasteiger partial charge >= 0.3 is 0 Å². The van der Waals surface area contributed by atoms with Crippen LogP contribution in [0.15, 0.2) is 17.5 Å². The van der Waals surface area contributed by atoms with Gasteiger partial charge in [-0.2, -0.15) is 0 Å². The van der Waals surface area contributed by atoms with E-state index >= 15 is 0 Å². The molecule has 3 heteroatoms. The van der Waals surface area contributed by atoms with E-state index in [1.165, 1.54) is 4.88 Å². The number of hydrogen-bond donors (Lipinski definition) is 1. The van der Waals surface area contributed by atoms with Gasteiger partial charge < -0.3 is 4.90 Å². The van der Waals surface area contributed by atoms with Crippen LogP contribution in [0.4, 0.5) is 0 Å². The van der Waals surface area contributed by atoms with Crippen LogP contribution in [0.3, 0.4) is 0 Å². The Hall–Kier alpha value is -0.830. The number of likely N-dealkylation sites (tertiary alicyclic amines) is 1. The largest absolute Gasteiger partial charge is 0.357 e. The molecule has 1 aromatic rings. The summed E-state index contributed by atoms with van der Waals surface area (Å²) >= 11 is 1.81. The second kappa shape index (κ2) is 4.13. The zero-order valence-electron chi connectivity index (χ0n) is 8.49. The SMILES string of the molecule is CC(Cc1cccs1)N1CCCC1=N. The number of rotatable bonds is 3. The fourth-order valence-electron chi connectivity index (χ4n) is 2.01. The van der Waals surface area contributed by atoms with Gasteiger partial charge in [0.05, 0.1) is 5.84 Å². The van der Waals surface area contributed by atoms with Crippen molar-refractivity contribution in [2.24, 2.45) is 0 Å². The van der Waals surface area contributed by atoms with E-state index in [-0.39, 0.29) is 0 Å². The topological polar surface area (TPSA) is 27.1 Å². The summed E-state index contributed by atoms with van der Waals surface area (Å²) in [5.41, 5.74) is 0. The molecule has 1 aliphatic rings. The maximum absolute atomic E-state index is 7.79. The van der Waals surface area contributed by atoms with Gasteiger partial charge in [-0.1, -0.05) is 6.07 Å². The van der Waals surface area contributed by atoms with E-state index in [1.54, 1.807) is 0 Å². The highest BCUT2D eigenvalue weighted by molar-refractivity contribution is 7.09. The van der Waals surface area contributed by atoms with E-state index in [1.807, 2.05) is 11.3 Å². The van der Waals surface area contributed by atoms with Crippen molar-refractivity contribution in [2.45, 2.75) is 32.2 Å². The third-order valence-electron chi connectivity index (χ3n) is 2.77. The summed E-state index contributed by atoms with van der Waals surface area (Å²) in [4.78, 5) is 3.66. The summed E-state index contributed by atoms with van der Waals surface area (Å²) < 4.78 is 0. The molecule has 2 heterocycles. The smallest absolute Gasteiger partial charge is 0.0960 e. The highest BCUT2D eigenvalue weighted by atomic mass is 32.1. The lowest BCUT2D eigenvalue weighted by Crippen LogP contribution is -2.34. The third kappa shape index (κ3) is 1.98. The van der Waals surface area contributed by atoms with Crippen molar-refractivity contribution in [3.05, 3.63) is 22.4 Å². The quantitative estimate of drug-likeness (QED) is 0.812. The Morgan fingerprint density at radius 3 is 3.07 bits per heavy atom. The molecule has 2 nitrogen and oxygen atoms in total. The molecule has 0 spiro atoms. The van der Waals surface area contributed by atoms with Gasteiger partial charge in [0.15, 0.2) is 0 Å². The molecule has 2 rings (SSSR count). The number of thiophene rings is 1. The average Bonchev–Trinajstić information content (AvgIpc) is 2.75. The Balaban J connectivity index is 1.95. The standard InChI is InChI=1S/C11H16N2S/c1-9(8-10-4-3-7-14-10)13-6-2-5-11(13)12/h3-4,7,9,12H,2,5-6,8H2,1H3. The number of nitrogens with zero attached hydrogens (tertiary/aromatic N) is 1. The average molecular weight is 208 g/mol. The van der Waals surface area contributed by atoms with Gasteiger partial charge in [0, 0.05) is 30.3 Å². The second-order valence-electron chi connectivity index (χ2n) is 3.88. The van der Waals surface area contributed by atoms with Gasteiger partial charge in [0.2, 0.25) is 0 Å². The van der Waals surface area contributed by atoms with Gasteiger partial charge in [-0.05, 0) is 24.8 Å². The first kappa shape index (κ1) is 9.71. The summed E-state index contributed by atoms with van der Waals surface area (Å²) in [6, 6.07) is 4.77. The van der Waals surface area contributed by atoms with Crippen molar-refractivity contribution in [1.29, 1.82) is 5.41 Å². The molecular formula is C11H16N2S. The Bertz CT molecular complexity index is 305. The number of hydrogen-bond acceptors (Lipinski definition) is 2. The molecule has 1 unspecified atom stereocenters. The molecule has 0 saturated carbocycles. The minimum atomic E-state index is 0.489. The maximum Gasteiger partial charge on any atom is 0.0960 e. The van der Waals surface area contributed by atoms with E-state index in [2.05, 4.69) is 29.3 Å². The lowest BCUT2D eigenvalue weighted by Gasteiger charge is -2.25. The van der Waals surface area contributed by atoms with Crippen LogP contribution in [0.5, 0.6) is 0 Å². The van der Waals surface area contributed by atoms with Crippen LogP contribution in [0.1, 0.15) is 24.6 Å². The Kier molecular flexibility index (Phi) is 2.87. The predicted octanol–water partition coefficient (Wildman–Crippen LogP) is 2.75. The van der Waals surface area contributed by atoms with Crippen molar-refractivity contribution < 1.29 is 0 Å². The van der Waals surface area contributed by atoms with Crippen LogP contribution in [0, 0.1) is 5.41 Å². The van der Waals surface area contributed by atoms with E-state index in [9.17, 15) is 0 Å². The highest BCUT2D eigenvalue weighted by Gasteiger charge is 2.22. The van der Waals surface area contributed by atoms with Gasteiger partial charge in [-0.15, -0.1) is 11.3 Å². The summed E-state index contributed by atoms with van der Waals surface area (Å²) in [7, 11) is 0. The Morgan fingerprint density at radius 1 is 1.64 bits per heavy atom. The van der Waals surface area contributed by atoms with Crippen LogP contribution in [0.2, 0.25) is 0 Å². The molecule has 1 aromatic heterocycles. The predicted molar refractivity (Wildman–Crippen MR) is 61.2 cm³/mol. The summed E-state index contributed by atoms with van der Waals surface area (Å²) in [6.45, 7) is 3.30. The molecule has 14 heavy (non-hydrogen) atoms.